The molecule has 1 fully saturated rings. The van der Waals surface area contributed by atoms with Crippen molar-refractivity contribution in [3.63, 3.8) is 0 Å². The maximum atomic E-state index is 13.0. The molecule has 2 aromatic rings. The van der Waals surface area contributed by atoms with Crippen molar-refractivity contribution in [3.8, 4) is 0 Å². The van der Waals surface area contributed by atoms with E-state index < -0.39 is 0 Å². The first-order chi connectivity index (χ1) is 11.6. The number of hydrogen-bond acceptors (Lipinski definition) is 1. The fourth-order valence-corrected chi connectivity index (χ4v) is 5.54. The molecule has 2 aromatic carbocycles. The molecule has 0 aromatic heterocycles. The first kappa shape index (κ1) is 14.5. The van der Waals surface area contributed by atoms with E-state index in [1.807, 2.05) is 0 Å². The van der Waals surface area contributed by atoms with Crippen molar-refractivity contribution in [2.75, 3.05) is 0 Å². The van der Waals surface area contributed by atoms with Crippen molar-refractivity contribution >= 4 is 16.6 Å². The first-order valence-corrected chi connectivity index (χ1v) is 9.33. The van der Waals surface area contributed by atoms with Crippen LogP contribution in [0.3, 0.4) is 0 Å². The number of carbonyl (C=O) groups excluding carboxylic acids is 1. The number of hydrogen-bond donors (Lipinski definition) is 0. The van der Waals surface area contributed by atoms with Gasteiger partial charge in [0.15, 0.2) is 0 Å². The Hall–Kier alpha value is -1.89. The third kappa shape index (κ3) is 1.84. The SMILES string of the molecule is CC(C)c1cccc2cc3c(cc12)CC1(CC2C=CC1C2)C(=O)C3. The third-order valence-electron chi connectivity index (χ3n) is 6.78. The summed E-state index contributed by atoms with van der Waals surface area (Å²) in [5.41, 5.74) is 4.03. The fraction of sp³-hybridized carbons (Fsp3) is 0.435. The van der Waals surface area contributed by atoms with E-state index in [2.05, 4.69) is 56.3 Å². The van der Waals surface area contributed by atoms with E-state index in [0.717, 1.165) is 12.8 Å². The molecule has 1 spiro atoms. The van der Waals surface area contributed by atoms with Crippen LogP contribution in [0.5, 0.6) is 0 Å². The van der Waals surface area contributed by atoms with Gasteiger partial charge >= 0.3 is 0 Å². The van der Waals surface area contributed by atoms with E-state index in [1.54, 1.807) is 0 Å². The number of rotatable bonds is 1. The maximum absolute atomic E-state index is 13.0. The number of ketones is 1. The topological polar surface area (TPSA) is 17.1 Å². The zero-order valence-electron chi connectivity index (χ0n) is 14.5. The van der Waals surface area contributed by atoms with Crippen molar-refractivity contribution < 1.29 is 4.79 Å². The van der Waals surface area contributed by atoms with E-state index in [-0.39, 0.29) is 5.41 Å². The lowest BCUT2D eigenvalue weighted by Gasteiger charge is -2.38. The Morgan fingerprint density at radius 2 is 2.00 bits per heavy atom. The number of benzene rings is 2. The van der Waals surface area contributed by atoms with Crippen molar-refractivity contribution in [2.45, 2.75) is 45.4 Å². The molecule has 2 bridgehead atoms. The largest absolute Gasteiger partial charge is 0.299 e. The predicted octanol–water partition coefficient (Wildman–Crippen LogP) is 5.21. The minimum absolute atomic E-state index is 0.0904. The van der Waals surface area contributed by atoms with Crippen LogP contribution in [0, 0.1) is 17.3 Å². The molecule has 24 heavy (non-hydrogen) atoms. The minimum atomic E-state index is -0.0904. The molecule has 0 amide bonds. The second kappa shape index (κ2) is 4.81. The molecule has 5 rings (SSSR count). The molecular weight excluding hydrogens is 292 g/mol. The van der Waals surface area contributed by atoms with Gasteiger partial charge in [-0.2, -0.15) is 0 Å². The molecule has 3 aliphatic carbocycles. The zero-order chi connectivity index (χ0) is 16.5. The lowest BCUT2D eigenvalue weighted by atomic mass is 9.63. The van der Waals surface area contributed by atoms with Crippen molar-refractivity contribution in [3.05, 3.63) is 59.2 Å². The van der Waals surface area contributed by atoms with Gasteiger partial charge in [0.25, 0.3) is 0 Å². The Bertz CT molecular complexity index is 888. The van der Waals surface area contributed by atoms with E-state index in [0.29, 0.717) is 30.0 Å². The second-order valence-electron chi connectivity index (χ2n) is 8.47. The predicted molar refractivity (Wildman–Crippen MR) is 98.2 cm³/mol. The maximum Gasteiger partial charge on any atom is 0.144 e. The quantitative estimate of drug-likeness (QED) is 0.660. The Morgan fingerprint density at radius 1 is 1.12 bits per heavy atom. The van der Waals surface area contributed by atoms with Crippen LogP contribution < -0.4 is 0 Å². The van der Waals surface area contributed by atoms with Gasteiger partial charge in [-0.3, -0.25) is 4.79 Å². The second-order valence-corrected chi connectivity index (χ2v) is 8.47. The highest BCUT2D eigenvalue weighted by Crippen LogP contribution is 2.56. The van der Waals surface area contributed by atoms with E-state index >= 15 is 0 Å². The highest BCUT2D eigenvalue weighted by Gasteiger charge is 2.54. The van der Waals surface area contributed by atoms with Crippen molar-refractivity contribution in [1.82, 2.24) is 0 Å². The van der Waals surface area contributed by atoms with Gasteiger partial charge < -0.3 is 0 Å². The molecule has 0 N–H and O–H groups in total. The monoisotopic (exact) mass is 316 g/mol. The van der Waals surface area contributed by atoms with E-state index in [4.69, 9.17) is 0 Å². The van der Waals surface area contributed by atoms with Crippen LogP contribution in [0.25, 0.3) is 10.8 Å². The Labute approximate surface area is 143 Å². The van der Waals surface area contributed by atoms with Crippen molar-refractivity contribution in [1.29, 1.82) is 0 Å². The summed E-state index contributed by atoms with van der Waals surface area (Å²) >= 11 is 0. The zero-order valence-corrected chi connectivity index (χ0v) is 14.5. The molecule has 0 aliphatic heterocycles. The van der Waals surface area contributed by atoms with E-state index in [1.165, 1.54) is 33.9 Å². The van der Waals surface area contributed by atoms with Crippen LogP contribution >= 0.6 is 0 Å². The van der Waals surface area contributed by atoms with Crippen LogP contribution in [-0.2, 0) is 17.6 Å². The molecule has 3 unspecified atom stereocenters. The summed E-state index contributed by atoms with van der Waals surface area (Å²) < 4.78 is 0. The molecule has 0 saturated heterocycles. The summed E-state index contributed by atoms with van der Waals surface area (Å²) in [6.45, 7) is 4.53. The summed E-state index contributed by atoms with van der Waals surface area (Å²) in [7, 11) is 0. The Morgan fingerprint density at radius 3 is 2.71 bits per heavy atom. The Kier molecular flexibility index (Phi) is 2.90. The molecule has 1 heteroatoms. The van der Waals surface area contributed by atoms with Crippen LogP contribution in [0.1, 0.15) is 49.3 Å². The lowest BCUT2D eigenvalue weighted by molar-refractivity contribution is -0.130. The van der Waals surface area contributed by atoms with E-state index in [9.17, 15) is 4.79 Å². The summed E-state index contributed by atoms with van der Waals surface area (Å²) in [5, 5.41) is 2.67. The van der Waals surface area contributed by atoms with Gasteiger partial charge in [-0.15, -0.1) is 0 Å². The summed E-state index contributed by atoms with van der Waals surface area (Å²) in [5.74, 6) is 2.15. The van der Waals surface area contributed by atoms with Crippen LogP contribution in [0.15, 0.2) is 42.5 Å². The van der Waals surface area contributed by atoms with Gasteiger partial charge in [0.1, 0.15) is 5.78 Å². The standard InChI is InChI=1S/C23H24O/c1-14(2)20-5-3-4-16-9-17-11-22(24)23(13-18(17)10-21(16)20)12-15-6-7-19(23)8-15/h3-7,9-10,14-15,19H,8,11-13H2,1-2H3. The van der Waals surface area contributed by atoms with Gasteiger partial charge in [0.2, 0.25) is 0 Å². The van der Waals surface area contributed by atoms with Gasteiger partial charge in [-0.05, 0) is 64.5 Å². The number of allylic oxidation sites excluding steroid dienone is 2. The average Bonchev–Trinajstić information content (AvgIpc) is 3.15. The normalized spacial score (nSPS) is 30.7. The fourth-order valence-electron chi connectivity index (χ4n) is 5.54. The third-order valence-corrected chi connectivity index (χ3v) is 6.78. The molecule has 1 saturated carbocycles. The smallest absolute Gasteiger partial charge is 0.144 e. The van der Waals surface area contributed by atoms with Gasteiger partial charge in [0, 0.05) is 11.8 Å². The van der Waals surface area contributed by atoms with Gasteiger partial charge in [-0.25, -0.2) is 0 Å². The van der Waals surface area contributed by atoms with Crippen LogP contribution in [0.2, 0.25) is 0 Å². The lowest BCUT2D eigenvalue weighted by Crippen LogP contribution is -2.41. The summed E-state index contributed by atoms with van der Waals surface area (Å²) in [6, 6.07) is 11.3. The highest BCUT2D eigenvalue weighted by molar-refractivity contribution is 5.94. The number of fused-ring (bicyclic) bond motifs is 5. The molecule has 0 heterocycles. The Balaban J connectivity index is 1.66. The summed E-state index contributed by atoms with van der Waals surface area (Å²) in [4.78, 5) is 13.0. The average molecular weight is 316 g/mol. The minimum Gasteiger partial charge on any atom is -0.299 e. The van der Waals surface area contributed by atoms with Crippen molar-refractivity contribution in [2.24, 2.45) is 17.3 Å². The van der Waals surface area contributed by atoms with Crippen LogP contribution in [0.4, 0.5) is 0 Å². The first-order valence-electron chi connectivity index (χ1n) is 9.33. The molecule has 122 valence electrons. The molecule has 1 nitrogen and oxygen atoms in total. The molecular formula is C23H24O. The summed E-state index contributed by atoms with van der Waals surface area (Å²) in [6.07, 6.45) is 8.54. The molecule has 3 atom stereocenters. The molecule has 0 radical (unpaired) electrons. The molecule has 3 aliphatic rings. The highest BCUT2D eigenvalue weighted by atomic mass is 16.1. The van der Waals surface area contributed by atoms with Gasteiger partial charge in [-0.1, -0.05) is 56.3 Å². The number of carbonyl (C=O) groups is 1. The van der Waals surface area contributed by atoms with Crippen LogP contribution in [-0.4, -0.2) is 5.78 Å². The number of Topliss-reactive ketones (excluding diaryl/α,β-unsaturated/α-hetero) is 1. The van der Waals surface area contributed by atoms with Gasteiger partial charge in [0.05, 0.1) is 0 Å².